The molecule has 1 aromatic heterocycles. The lowest BCUT2D eigenvalue weighted by Crippen LogP contribution is -2.31. The van der Waals surface area contributed by atoms with E-state index in [1.165, 1.54) is 13.8 Å². The minimum atomic E-state index is -0.921. The van der Waals surface area contributed by atoms with Crippen LogP contribution in [0.2, 0.25) is 5.02 Å². The predicted molar refractivity (Wildman–Crippen MR) is 91.6 cm³/mol. The van der Waals surface area contributed by atoms with Crippen LogP contribution in [0.25, 0.3) is 0 Å². The van der Waals surface area contributed by atoms with Gasteiger partial charge in [0.05, 0.1) is 11.1 Å². The molecule has 0 saturated heterocycles. The molecule has 7 nitrogen and oxygen atoms in total. The molecule has 1 aromatic carbocycles. The van der Waals surface area contributed by atoms with E-state index in [1.807, 2.05) is 0 Å². The molecule has 0 saturated carbocycles. The van der Waals surface area contributed by atoms with E-state index in [4.69, 9.17) is 11.6 Å². The molecular formula is C16H16ClN3O4. The Morgan fingerprint density at radius 3 is 2.67 bits per heavy atom. The topological polar surface area (TPSA) is 94.2 Å². The van der Waals surface area contributed by atoms with Crippen LogP contribution < -0.4 is 10.9 Å². The smallest absolute Gasteiger partial charge is 0.288 e. The third-order valence-corrected chi connectivity index (χ3v) is 4.19. The highest BCUT2D eigenvalue weighted by atomic mass is 35.5. The molecule has 1 amide bonds. The largest absolute Gasteiger partial charge is 0.324 e. The van der Waals surface area contributed by atoms with Crippen molar-refractivity contribution in [3.63, 3.8) is 0 Å². The predicted octanol–water partition coefficient (Wildman–Crippen LogP) is 3.23. The number of rotatable bonds is 4. The van der Waals surface area contributed by atoms with E-state index in [0.717, 1.165) is 16.8 Å². The van der Waals surface area contributed by atoms with Crippen LogP contribution in [-0.2, 0) is 4.79 Å². The molecular weight excluding hydrogens is 334 g/mol. The number of carbonyl (C=O) groups excluding carboxylic acids is 1. The van der Waals surface area contributed by atoms with Crippen LogP contribution in [0, 0.1) is 24.0 Å². The Hall–Kier alpha value is -2.67. The number of hydrogen-bond acceptors (Lipinski definition) is 4. The van der Waals surface area contributed by atoms with Gasteiger partial charge in [-0.3, -0.25) is 24.3 Å². The molecule has 2 aromatic rings. The Morgan fingerprint density at radius 1 is 1.38 bits per heavy atom. The van der Waals surface area contributed by atoms with Gasteiger partial charge in [-0.05, 0) is 38.5 Å². The molecule has 2 rings (SSSR count). The highest BCUT2D eigenvalue weighted by molar-refractivity contribution is 6.31. The Labute approximate surface area is 143 Å². The number of hydrogen-bond donors (Lipinski definition) is 1. The second-order valence-corrected chi connectivity index (χ2v) is 5.83. The van der Waals surface area contributed by atoms with Crippen molar-refractivity contribution in [2.45, 2.75) is 26.8 Å². The Balaban J connectivity index is 2.34. The average molecular weight is 350 g/mol. The highest BCUT2D eigenvalue weighted by Gasteiger charge is 2.21. The van der Waals surface area contributed by atoms with Gasteiger partial charge in [0.2, 0.25) is 5.91 Å². The van der Waals surface area contributed by atoms with E-state index in [0.29, 0.717) is 16.3 Å². The number of carbonyl (C=O) groups is 1. The van der Waals surface area contributed by atoms with Crippen LogP contribution in [0.15, 0.2) is 35.3 Å². The molecule has 1 heterocycles. The van der Waals surface area contributed by atoms with E-state index in [9.17, 15) is 19.7 Å². The molecule has 0 aliphatic heterocycles. The number of nitrogens with zero attached hydrogens (tertiary/aromatic N) is 2. The molecule has 0 spiro atoms. The molecule has 0 radical (unpaired) electrons. The lowest BCUT2D eigenvalue weighted by atomic mass is 10.2. The van der Waals surface area contributed by atoms with E-state index in [2.05, 4.69) is 5.32 Å². The first-order valence-corrected chi connectivity index (χ1v) is 7.53. The summed E-state index contributed by atoms with van der Waals surface area (Å²) in [5.74, 6) is -0.472. The van der Waals surface area contributed by atoms with E-state index >= 15 is 0 Å². The molecule has 1 atom stereocenters. The second-order valence-electron chi connectivity index (χ2n) is 5.42. The summed E-state index contributed by atoms with van der Waals surface area (Å²) in [6.07, 6.45) is 1.09. The van der Waals surface area contributed by atoms with Crippen molar-refractivity contribution in [2.75, 3.05) is 5.32 Å². The maximum absolute atomic E-state index is 12.4. The van der Waals surface area contributed by atoms with Gasteiger partial charge in [0.25, 0.3) is 11.2 Å². The van der Waals surface area contributed by atoms with Crippen molar-refractivity contribution in [1.29, 1.82) is 0 Å². The van der Waals surface area contributed by atoms with Gasteiger partial charge in [-0.25, -0.2) is 0 Å². The summed E-state index contributed by atoms with van der Waals surface area (Å²) in [6.45, 7) is 4.73. The minimum absolute atomic E-state index is 0.215. The first kappa shape index (κ1) is 17.7. The SMILES string of the molecule is Cc1cc(=O)n(C(C)C(=O)Nc2cccc(Cl)c2C)cc1[N+](=O)[O-]. The van der Waals surface area contributed by atoms with Gasteiger partial charge in [0.1, 0.15) is 6.04 Å². The van der Waals surface area contributed by atoms with Gasteiger partial charge in [0, 0.05) is 22.3 Å². The number of aromatic nitrogens is 1. The van der Waals surface area contributed by atoms with Crippen molar-refractivity contribution in [3.8, 4) is 0 Å². The zero-order valence-corrected chi connectivity index (χ0v) is 14.1. The zero-order valence-electron chi connectivity index (χ0n) is 13.4. The van der Waals surface area contributed by atoms with Crippen LogP contribution >= 0.6 is 11.6 Å². The normalized spacial score (nSPS) is 11.8. The number of nitrogens with one attached hydrogen (secondary N) is 1. The number of benzene rings is 1. The lowest BCUT2D eigenvalue weighted by molar-refractivity contribution is -0.386. The Bertz CT molecular complexity index is 876. The van der Waals surface area contributed by atoms with Crippen molar-refractivity contribution >= 4 is 28.9 Å². The van der Waals surface area contributed by atoms with Gasteiger partial charge in [-0.2, -0.15) is 0 Å². The van der Waals surface area contributed by atoms with Crippen molar-refractivity contribution < 1.29 is 9.72 Å². The Morgan fingerprint density at radius 2 is 2.04 bits per heavy atom. The van der Waals surface area contributed by atoms with Crippen molar-refractivity contribution in [1.82, 2.24) is 4.57 Å². The van der Waals surface area contributed by atoms with Crippen LogP contribution in [-0.4, -0.2) is 15.4 Å². The first-order valence-electron chi connectivity index (χ1n) is 7.15. The summed E-state index contributed by atoms with van der Waals surface area (Å²) < 4.78 is 1.04. The van der Waals surface area contributed by atoms with Gasteiger partial charge < -0.3 is 5.32 Å². The summed E-state index contributed by atoms with van der Waals surface area (Å²) in [5, 5.41) is 14.2. The summed E-state index contributed by atoms with van der Waals surface area (Å²) in [5.41, 5.74) is 0.771. The van der Waals surface area contributed by atoms with Gasteiger partial charge in [-0.15, -0.1) is 0 Å². The highest BCUT2D eigenvalue weighted by Crippen LogP contribution is 2.24. The fourth-order valence-corrected chi connectivity index (χ4v) is 2.41. The fourth-order valence-electron chi connectivity index (χ4n) is 2.23. The summed E-state index contributed by atoms with van der Waals surface area (Å²) in [6, 6.07) is 5.30. The number of pyridine rings is 1. The van der Waals surface area contributed by atoms with E-state index in [1.54, 1.807) is 25.1 Å². The number of nitro groups is 1. The average Bonchev–Trinajstić information content (AvgIpc) is 2.50. The third-order valence-electron chi connectivity index (χ3n) is 3.78. The summed E-state index contributed by atoms with van der Waals surface area (Å²) >= 11 is 6.01. The number of aryl methyl sites for hydroxylation is 1. The monoisotopic (exact) mass is 349 g/mol. The maximum Gasteiger partial charge on any atom is 0.288 e. The molecule has 8 heteroatoms. The second kappa shape index (κ2) is 6.84. The quantitative estimate of drug-likeness (QED) is 0.677. The minimum Gasteiger partial charge on any atom is -0.324 e. The zero-order chi connectivity index (χ0) is 18.0. The standard InChI is InChI=1S/C16H16ClN3O4/c1-9-7-15(21)19(8-14(9)20(23)24)11(3)16(22)18-13-6-4-5-12(17)10(13)2/h4-8,11H,1-3H3,(H,18,22). The van der Waals surface area contributed by atoms with Crippen LogP contribution in [0.3, 0.4) is 0 Å². The van der Waals surface area contributed by atoms with E-state index < -0.39 is 22.4 Å². The number of amides is 1. The molecule has 0 aliphatic carbocycles. The number of anilines is 1. The summed E-state index contributed by atoms with van der Waals surface area (Å²) in [4.78, 5) is 34.9. The fraction of sp³-hybridized carbons (Fsp3) is 0.250. The van der Waals surface area contributed by atoms with Crippen molar-refractivity contribution in [3.05, 3.63) is 67.1 Å². The first-order chi connectivity index (χ1) is 11.2. The molecule has 0 fully saturated rings. The van der Waals surface area contributed by atoms with Gasteiger partial charge in [-0.1, -0.05) is 17.7 Å². The Kier molecular flexibility index (Phi) is 5.04. The van der Waals surface area contributed by atoms with Gasteiger partial charge in [0.15, 0.2) is 0 Å². The van der Waals surface area contributed by atoms with Crippen LogP contribution in [0.4, 0.5) is 11.4 Å². The van der Waals surface area contributed by atoms with Crippen LogP contribution in [0.1, 0.15) is 24.1 Å². The summed E-state index contributed by atoms with van der Waals surface area (Å²) in [7, 11) is 0. The molecule has 0 aliphatic rings. The lowest BCUT2D eigenvalue weighted by Gasteiger charge is -2.16. The van der Waals surface area contributed by atoms with E-state index in [-0.39, 0.29) is 11.3 Å². The van der Waals surface area contributed by atoms with Crippen molar-refractivity contribution in [2.24, 2.45) is 0 Å². The van der Waals surface area contributed by atoms with Gasteiger partial charge >= 0.3 is 0 Å². The molecule has 1 unspecified atom stereocenters. The molecule has 1 N–H and O–H groups in total. The van der Waals surface area contributed by atoms with Crippen LogP contribution in [0.5, 0.6) is 0 Å². The number of halogens is 1. The molecule has 126 valence electrons. The molecule has 0 bridgehead atoms. The third kappa shape index (κ3) is 3.46. The molecule has 24 heavy (non-hydrogen) atoms. The maximum atomic E-state index is 12.4.